The normalized spacial score (nSPS) is 24.0. The minimum Gasteiger partial charge on any atom is -0.342 e. The van der Waals surface area contributed by atoms with Gasteiger partial charge in [0, 0.05) is 19.0 Å². The average Bonchev–Trinajstić information content (AvgIpc) is 2.43. The van der Waals surface area contributed by atoms with E-state index >= 15 is 0 Å². The highest BCUT2D eigenvalue weighted by Crippen LogP contribution is 2.40. The Kier molecular flexibility index (Phi) is 6.27. The van der Waals surface area contributed by atoms with E-state index in [2.05, 4.69) is 41.5 Å². The first kappa shape index (κ1) is 18.5. The summed E-state index contributed by atoms with van der Waals surface area (Å²) in [5.41, 5.74) is 6.20. The summed E-state index contributed by atoms with van der Waals surface area (Å²) in [5, 5.41) is 0. The van der Waals surface area contributed by atoms with E-state index < -0.39 is 0 Å². The topological polar surface area (TPSA) is 46.3 Å². The highest BCUT2D eigenvalue weighted by atomic mass is 16.2. The van der Waals surface area contributed by atoms with E-state index in [0.717, 1.165) is 31.8 Å². The van der Waals surface area contributed by atoms with E-state index in [1.54, 1.807) is 0 Å². The SMILES string of the molecule is CCN(CC(C)(C)CN)C(=O)C1CCC(C(C)(C)C)CC1. The van der Waals surface area contributed by atoms with Gasteiger partial charge >= 0.3 is 0 Å². The highest BCUT2D eigenvalue weighted by molar-refractivity contribution is 5.79. The average molecular weight is 296 g/mol. The Hall–Kier alpha value is -0.570. The van der Waals surface area contributed by atoms with Gasteiger partial charge in [-0.2, -0.15) is 0 Å². The van der Waals surface area contributed by atoms with E-state index in [9.17, 15) is 4.79 Å². The van der Waals surface area contributed by atoms with Gasteiger partial charge in [-0.1, -0.05) is 34.6 Å². The number of hydrogen-bond donors (Lipinski definition) is 1. The molecule has 1 amide bonds. The van der Waals surface area contributed by atoms with E-state index in [1.807, 2.05) is 4.90 Å². The first-order valence-electron chi connectivity index (χ1n) is 8.59. The van der Waals surface area contributed by atoms with Crippen LogP contribution in [0.5, 0.6) is 0 Å². The van der Waals surface area contributed by atoms with Crippen LogP contribution in [0, 0.1) is 22.7 Å². The summed E-state index contributed by atoms with van der Waals surface area (Å²) in [6.45, 7) is 15.5. The Balaban J connectivity index is 2.59. The number of amides is 1. The molecular formula is C18H36N2O. The van der Waals surface area contributed by atoms with Crippen LogP contribution in [-0.4, -0.2) is 30.4 Å². The number of nitrogens with zero attached hydrogens (tertiary/aromatic N) is 1. The second-order valence-electron chi connectivity index (χ2n) is 8.64. The van der Waals surface area contributed by atoms with Crippen LogP contribution in [-0.2, 0) is 4.79 Å². The van der Waals surface area contributed by atoms with E-state index in [4.69, 9.17) is 5.73 Å². The predicted octanol–water partition coefficient (Wildman–Crippen LogP) is 3.67. The molecule has 124 valence electrons. The molecule has 0 spiro atoms. The molecule has 0 atom stereocenters. The minimum absolute atomic E-state index is 0.00822. The van der Waals surface area contributed by atoms with Crippen molar-refractivity contribution in [2.24, 2.45) is 28.4 Å². The van der Waals surface area contributed by atoms with Crippen molar-refractivity contribution < 1.29 is 4.79 Å². The molecule has 1 rings (SSSR count). The lowest BCUT2D eigenvalue weighted by molar-refractivity contribution is -0.138. The summed E-state index contributed by atoms with van der Waals surface area (Å²) >= 11 is 0. The molecule has 3 heteroatoms. The van der Waals surface area contributed by atoms with Crippen molar-refractivity contribution in [2.45, 2.75) is 67.2 Å². The third kappa shape index (κ3) is 5.28. The summed E-state index contributed by atoms with van der Waals surface area (Å²) in [6.07, 6.45) is 4.50. The maximum absolute atomic E-state index is 12.8. The van der Waals surface area contributed by atoms with Crippen LogP contribution in [0.4, 0.5) is 0 Å². The van der Waals surface area contributed by atoms with E-state index in [-0.39, 0.29) is 11.3 Å². The lowest BCUT2D eigenvalue weighted by Gasteiger charge is -2.39. The number of hydrogen-bond acceptors (Lipinski definition) is 2. The molecule has 1 saturated carbocycles. The summed E-state index contributed by atoms with van der Waals surface area (Å²) < 4.78 is 0. The van der Waals surface area contributed by atoms with Crippen molar-refractivity contribution in [1.82, 2.24) is 4.90 Å². The maximum atomic E-state index is 12.8. The van der Waals surface area contributed by atoms with Gasteiger partial charge in [0.05, 0.1) is 0 Å². The fourth-order valence-corrected chi connectivity index (χ4v) is 3.39. The molecule has 0 aromatic rings. The number of carbonyl (C=O) groups is 1. The zero-order chi connectivity index (χ0) is 16.3. The van der Waals surface area contributed by atoms with Gasteiger partial charge in [-0.15, -0.1) is 0 Å². The monoisotopic (exact) mass is 296 g/mol. The summed E-state index contributed by atoms with van der Waals surface area (Å²) in [7, 11) is 0. The third-order valence-corrected chi connectivity index (χ3v) is 5.17. The van der Waals surface area contributed by atoms with Crippen LogP contribution in [0.15, 0.2) is 0 Å². The Morgan fingerprint density at radius 3 is 2.00 bits per heavy atom. The molecule has 1 aliphatic carbocycles. The summed E-state index contributed by atoms with van der Waals surface area (Å²) in [5.74, 6) is 1.35. The van der Waals surface area contributed by atoms with Gasteiger partial charge in [0.25, 0.3) is 0 Å². The van der Waals surface area contributed by atoms with Crippen LogP contribution >= 0.6 is 0 Å². The molecule has 21 heavy (non-hydrogen) atoms. The number of rotatable bonds is 5. The summed E-state index contributed by atoms with van der Waals surface area (Å²) in [4.78, 5) is 14.8. The molecule has 0 aromatic heterocycles. The smallest absolute Gasteiger partial charge is 0.225 e. The van der Waals surface area contributed by atoms with Crippen molar-refractivity contribution in [3.05, 3.63) is 0 Å². The molecule has 0 bridgehead atoms. The first-order valence-corrected chi connectivity index (χ1v) is 8.59. The lowest BCUT2D eigenvalue weighted by atomic mass is 9.69. The second-order valence-corrected chi connectivity index (χ2v) is 8.64. The molecule has 1 aliphatic rings. The Bertz CT molecular complexity index is 336. The van der Waals surface area contributed by atoms with Crippen LogP contribution in [0.3, 0.4) is 0 Å². The molecule has 0 aliphatic heterocycles. The summed E-state index contributed by atoms with van der Waals surface area (Å²) in [6, 6.07) is 0. The van der Waals surface area contributed by atoms with Crippen molar-refractivity contribution in [3.8, 4) is 0 Å². The van der Waals surface area contributed by atoms with Gasteiger partial charge in [-0.25, -0.2) is 0 Å². The number of carbonyl (C=O) groups excluding carboxylic acids is 1. The van der Waals surface area contributed by atoms with Gasteiger partial charge < -0.3 is 10.6 Å². The first-order chi connectivity index (χ1) is 9.60. The quantitative estimate of drug-likeness (QED) is 0.841. The standard InChI is InChI=1S/C18H36N2O/c1-7-20(13-18(5,6)12-19)16(21)14-8-10-15(11-9-14)17(2,3)4/h14-15H,7-13,19H2,1-6H3. The predicted molar refractivity (Wildman–Crippen MR) is 90.0 cm³/mol. The molecule has 0 radical (unpaired) electrons. The largest absolute Gasteiger partial charge is 0.342 e. The molecule has 1 fully saturated rings. The minimum atomic E-state index is 0.00822. The Morgan fingerprint density at radius 2 is 1.62 bits per heavy atom. The van der Waals surface area contributed by atoms with Crippen LogP contribution < -0.4 is 5.73 Å². The van der Waals surface area contributed by atoms with Crippen molar-refractivity contribution in [3.63, 3.8) is 0 Å². The zero-order valence-electron chi connectivity index (χ0n) is 15.0. The molecule has 0 saturated heterocycles. The van der Waals surface area contributed by atoms with Crippen LogP contribution in [0.2, 0.25) is 0 Å². The van der Waals surface area contributed by atoms with Crippen LogP contribution in [0.25, 0.3) is 0 Å². The molecule has 0 unspecified atom stereocenters. The Labute approximate surface area is 131 Å². The van der Waals surface area contributed by atoms with Gasteiger partial charge in [-0.3, -0.25) is 4.79 Å². The van der Waals surface area contributed by atoms with Gasteiger partial charge in [0.15, 0.2) is 0 Å². The van der Waals surface area contributed by atoms with E-state index in [1.165, 1.54) is 12.8 Å². The van der Waals surface area contributed by atoms with Crippen molar-refractivity contribution in [2.75, 3.05) is 19.6 Å². The number of nitrogens with two attached hydrogens (primary N) is 1. The van der Waals surface area contributed by atoms with Gasteiger partial charge in [0.1, 0.15) is 0 Å². The van der Waals surface area contributed by atoms with Gasteiger partial charge in [0.2, 0.25) is 5.91 Å². The molecule has 2 N–H and O–H groups in total. The van der Waals surface area contributed by atoms with Crippen molar-refractivity contribution in [1.29, 1.82) is 0 Å². The third-order valence-electron chi connectivity index (χ3n) is 5.17. The maximum Gasteiger partial charge on any atom is 0.225 e. The molecule has 0 heterocycles. The fourth-order valence-electron chi connectivity index (χ4n) is 3.39. The Morgan fingerprint density at radius 1 is 1.10 bits per heavy atom. The zero-order valence-corrected chi connectivity index (χ0v) is 15.0. The van der Waals surface area contributed by atoms with Crippen LogP contribution in [0.1, 0.15) is 67.2 Å². The lowest BCUT2D eigenvalue weighted by Crippen LogP contribution is -2.45. The molecular weight excluding hydrogens is 260 g/mol. The molecule has 3 nitrogen and oxygen atoms in total. The van der Waals surface area contributed by atoms with E-state index in [0.29, 0.717) is 17.9 Å². The highest BCUT2D eigenvalue weighted by Gasteiger charge is 2.34. The fraction of sp³-hybridized carbons (Fsp3) is 0.944. The van der Waals surface area contributed by atoms with Gasteiger partial charge in [-0.05, 0) is 55.9 Å². The second kappa shape index (κ2) is 7.13. The molecule has 0 aromatic carbocycles. The van der Waals surface area contributed by atoms with Crippen molar-refractivity contribution >= 4 is 5.91 Å².